The highest BCUT2D eigenvalue weighted by Gasteiger charge is 2.13. The highest BCUT2D eigenvalue weighted by molar-refractivity contribution is 6.30. The molecule has 0 aliphatic heterocycles. The van der Waals surface area contributed by atoms with Gasteiger partial charge in [-0.25, -0.2) is 17.9 Å². The maximum Gasteiger partial charge on any atom is 0.161 e. The van der Waals surface area contributed by atoms with Gasteiger partial charge in [0.2, 0.25) is 0 Å². The molecule has 0 atom stereocenters. The van der Waals surface area contributed by atoms with Gasteiger partial charge in [-0.3, -0.25) is 0 Å². The second-order valence-electron chi connectivity index (χ2n) is 4.40. The number of hydrogen-bond acceptors (Lipinski definition) is 1. The van der Waals surface area contributed by atoms with Gasteiger partial charge >= 0.3 is 0 Å². The molecular formula is C15H8ClF3N2. The van der Waals surface area contributed by atoms with Crippen LogP contribution in [0.2, 0.25) is 5.02 Å². The molecule has 0 N–H and O–H groups in total. The smallest absolute Gasteiger partial charge is 0.161 e. The van der Waals surface area contributed by atoms with Crippen LogP contribution in [0.1, 0.15) is 0 Å². The van der Waals surface area contributed by atoms with Gasteiger partial charge in [0, 0.05) is 28.9 Å². The molecule has 0 amide bonds. The third kappa shape index (κ3) is 2.64. The van der Waals surface area contributed by atoms with E-state index in [2.05, 4.69) is 5.10 Å². The van der Waals surface area contributed by atoms with Gasteiger partial charge in [-0.1, -0.05) is 23.7 Å². The van der Waals surface area contributed by atoms with Gasteiger partial charge in [0.25, 0.3) is 0 Å². The molecule has 0 radical (unpaired) electrons. The zero-order chi connectivity index (χ0) is 15.0. The van der Waals surface area contributed by atoms with E-state index in [1.54, 1.807) is 18.2 Å². The van der Waals surface area contributed by atoms with E-state index in [4.69, 9.17) is 11.6 Å². The molecule has 3 rings (SSSR count). The van der Waals surface area contributed by atoms with E-state index >= 15 is 0 Å². The van der Waals surface area contributed by atoms with Crippen molar-refractivity contribution >= 4 is 11.6 Å². The van der Waals surface area contributed by atoms with Crippen molar-refractivity contribution in [3.8, 4) is 16.8 Å². The summed E-state index contributed by atoms with van der Waals surface area (Å²) in [7, 11) is 0. The monoisotopic (exact) mass is 308 g/mol. The standard InChI is InChI=1S/C15H8ClF3N2/c16-11-3-1-2-9(4-11)10-7-20-21(8-10)15-6-13(18)12(17)5-14(15)19/h1-8H. The summed E-state index contributed by atoms with van der Waals surface area (Å²) < 4.78 is 41.0. The highest BCUT2D eigenvalue weighted by atomic mass is 35.5. The first-order valence-corrected chi connectivity index (χ1v) is 6.38. The molecule has 0 unspecified atom stereocenters. The van der Waals surface area contributed by atoms with Crippen molar-refractivity contribution in [1.82, 2.24) is 9.78 Å². The predicted molar refractivity (Wildman–Crippen MR) is 73.9 cm³/mol. The highest BCUT2D eigenvalue weighted by Crippen LogP contribution is 2.24. The summed E-state index contributed by atoms with van der Waals surface area (Å²) in [5.74, 6) is -3.26. The van der Waals surface area contributed by atoms with Crippen LogP contribution >= 0.6 is 11.6 Å². The fraction of sp³-hybridized carbons (Fsp3) is 0. The number of aromatic nitrogens is 2. The Bertz CT molecular complexity index is 814. The number of halogens is 4. The molecule has 0 aliphatic carbocycles. The lowest BCUT2D eigenvalue weighted by Crippen LogP contribution is -2.00. The van der Waals surface area contributed by atoms with Crippen LogP contribution in [0.3, 0.4) is 0 Å². The Labute approximate surface area is 123 Å². The zero-order valence-electron chi connectivity index (χ0n) is 10.5. The van der Waals surface area contributed by atoms with Gasteiger partial charge in [0.15, 0.2) is 17.5 Å². The molecule has 2 aromatic carbocycles. The summed E-state index contributed by atoms with van der Waals surface area (Å²) in [6.45, 7) is 0. The molecule has 0 spiro atoms. The lowest BCUT2D eigenvalue weighted by atomic mass is 10.1. The van der Waals surface area contributed by atoms with Gasteiger partial charge in [-0.2, -0.15) is 5.10 Å². The summed E-state index contributed by atoms with van der Waals surface area (Å²) in [6, 6.07) is 8.29. The topological polar surface area (TPSA) is 17.8 Å². The van der Waals surface area contributed by atoms with E-state index in [1.165, 1.54) is 12.4 Å². The van der Waals surface area contributed by atoms with Crippen LogP contribution in [-0.4, -0.2) is 9.78 Å². The van der Waals surface area contributed by atoms with Gasteiger partial charge in [-0.05, 0) is 17.7 Å². The van der Waals surface area contributed by atoms with Gasteiger partial charge in [0.05, 0.1) is 6.20 Å². The molecule has 0 saturated heterocycles. The quantitative estimate of drug-likeness (QED) is 0.632. The Hall–Kier alpha value is -2.27. The number of hydrogen-bond donors (Lipinski definition) is 0. The van der Waals surface area contributed by atoms with Crippen molar-refractivity contribution in [2.75, 3.05) is 0 Å². The van der Waals surface area contributed by atoms with Gasteiger partial charge < -0.3 is 0 Å². The lowest BCUT2D eigenvalue weighted by Gasteiger charge is -2.04. The molecule has 0 fully saturated rings. The molecule has 0 aliphatic rings. The van der Waals surface area contributed by atoms with Crippen LogP contribution in [0.15, 0.2) is 48.8 Å². The zero-order valence-corrected chi connectivity index (χ0v) is 11.3. The molecule has 21 heavy (non-hydrogen) atoms. The van der Waals surface area contributed by atoms with Crippen molar-refractivity contribution in [2.45, 2.75) is 0 Å². The molecule has 106 valence electrons. The minimum absolute atomic E-state index is 0.165. The Morgan fingerprint density at radius 3 is 2.43 bits per heavy atom. The third-order valence-electron chi connectivity index (χ3n) is 2.98. The van der Waals surface area contributed by atoms with Crippen molar-refractivity contribution in [3.05, 3.63) is 71.3 Å². The molecule has 6 heteroatoms. The van der Waals surface area contributed by atoms with E-state index in [1.807, 2.05) is 6.07 Å². The Morgan fingerprint density at radius 2 is 1.67 bits per heavy atom. The molecule has 2 nitrogen and oxygen atoms in total. The van der Waals surface area contributed by atoms with Gasteiger partial charge in [0.1, 0.15) is 5.69 Å². The SMILES string of the molecule is Fc1cc(F)c(-n2cc(-c3cccc(Cl)c3)cn2)cc1F. The average Bonchev–Trinajstić information content (AvgIpc) is 2.92. The lowest BCUT2D eigenvalue weighted by molar-refractivity contribution is 0.491. The van der Waals surface area contributed by atoms with E-state index in [-0.39, 0.29) is 5.69 Å². The maximum atomic E-state index is 13.7. The average molecular weight is 309 g/mol. The summed E-state index contributed by atoms with van der Waals surface area (Å²) in [5.41, 5.74) is 1.31. The van der Waals surface area contributed by atoms with E-state index in [0.29, 0.717) is 16.7 Å². The first-order valence-electron chi connectivity index (χ1n) is 6.00. The van der Waals surface area contributed by atoms with Crippen LogP contribution in [0.25, 0.3) is 16.8 Å². The predicted octanol–water partition coefficient (Wildman–Crippen LogP) is 4.61. The van der Waals surface area contributed by atoms with Gasteiger partial charge in [-0.15, -0.1) is 0 Å². The van der Waals surface area contributed by atoms with Crippen molar-refractivity contribution < 1.29 is 13.2 Å². The fourth-order valence-electron chi connectivity index (χ4n) is 1.96. The Kier molecular flexibility index (Phi) is 3.43. The Morgan fingerprint density at radius 1 is 0.905 bits per heavy atom. The second kappa shape index (κ2) is 5.26. The van der Waals surface area contributed by atoms with Crippen LogP contribution in [-0.2, 0) is 0 Å². The summed E-state index contributed by atoms with van der Waals surface area (Å²) in [6.07, 6.45) is 3.01. The number of benzene rings is 2. The maximum absolute atomic E-state index is 13.7. The molecule has 1 heterocycles. The fourth-order valence-corrected chi connectivity index (χ4v) is 2.15. The van der Waals surface area contributed by atoms with Crippen molar-refractivity contribution in [3.63, 3.8) is 0 Å². The third-order valence-corrected chi connectivity index (χ3v) is 3.21. The first kappa shape index (κ1) is 13.7. The van der Waals surface area contributed by atoms with Crippen LogP contribution in [0.4, 0.5) is 13.2 Å². The van der Waals surface area contributed by atoms with E-state index in [9.17, 15) is 13.2 Å². The summed E-state index contributed by atoms with van der Waals surface area (Å²) >= 11 is 5.90. The summed E-state index contributed by atoms with van der Waals surface area (Å²) in [5, 5.41) is 4.52. The first-order chi connectivity index (χ1) is 10.0. The minimum atomic E-state index is -1.24. The molecule has 0 saturated carbocycles. The molecule has 3 aromatic rings. The number of nitrogens with zero attached hydrogens (tertiary/aromatic N) is 2. The number of rotatable bonds is 2. The van der Waals surface area contributed by atoms with Crippen molar-refractivity contribution in [2.24, 2.45) is 0 Å². The summed E-state index contributed by atoms with van der Waals surface area (Å²) in [4.78, 5) is 0. The van der Waals surface area contributed by atoms with Crippen LogP contribution in [0.5, 0.6) is 0 Å². The van der Waals surface area contributed by atoms with Crippen LogP contribution < -0.4 is 0 Å². The molecule has 1 aromatic heterocycles. The van der Waals surface area contributed by atoms with E-state index in [0.717, 1.165) is 16.3 Å². The normalized spacial score (nSPS) is 10.9. The largest absolute Gasteiger partial charge is 0.237 e. The second-order valence-corrected chi connectivity index (χ2v) is 4.84. The van der Waals surface area contributed by atoms with Crippen molar-refractivity contribution in [1.29, 1.82) is 0 Å². The molecule has 0 bridgehead atoms. The molecular weight excluding hydrogens is 301 g/mol. The van der Waals surface area contributed by atoms with E-state index < -0.39 is 17.5 Å². The van der Waals surface area contributed by atoms with Crippen LogP contribution in [0, 0.1) is 17.5 Å². The Balaban J connectivity index is 2.05. The minimum Gasteiger partial charge on any atom is -0.237 e.